The Labute approximate surface area is 264 Å². The number of fused-ring (bicyclic) bond motifs is 2. The van der Waals surface area contributed by atoms with E-state index < -0.39 is 8.32 Å². The second kappa shape index (κ2) is 12.7. The lowest BCUT2D eigenvalue weighted by Gasteiger charge is -2.43. The fraction of sp³-hybridized carbons (Fsp3) is 0.543. The summed E-state index contributed by atoms with van der Waals surface area (Å²) >= 11 is 0. The van der Waals surface area contributed by atoms with Gasteiger partial charge in [0.2, 0.25) is 0 Å². The molecule has 2 bridgehead atoms. The molecule has 1 aromatic heterocycles. The number of rotatable bonds is 10. The molecule has 2 aromatic carbocycles. The van der Waals surface area contributed by atoms with Gasteiger partial charge in [-0.2, -0.15) is 5.10 Å². The highest BCUT2D eigenvalue weighted by Crippen LogP contribution is 2.37. The van der Waals surface area contributed by atoms with E-state index in [-0.39, 0.29) is 17.0 Å². The molecule has 0 spiro atoms. The number of aromatic nitrogens is 2. The number of amides is 1. The van der Waals surface area contributed by atoms with Gasteiger partial charge >= 0.3 is 0 Å². The van der Waals surface area contributed by atoms with E-state index in [4.69, 9.17) is 9.16 Å². The summed E-state index contributed by atoms with van der Waals surface area (Å²) in [7, 11) is 1.83. The van der Waals surface area contributed by atoms with Crippen molar-refractivity contribution in [3.63, 3.8) is 0 Å². The quantitative estimate of drug-likeness (QED) is 0.260. The molecular formula is C35H51N5O3Si. The van der Waals surface area contributed by atoms with Crippen LogP contribution in [0.4, 0.5) is 5.69 Å². The van der Waals surface area contributed by atoms with Crippen LogP contribution in [0.5, 0.6) is 5.75 Å². The summed E-state index contributed by atoms with van der Waals surface area (Å²) in [4.78, 5) is 18.8. The number of hydrogen-bond donors (Lipinski definition) is 1. The van der Waals surface area contributed by atoms with E-state index in [9.17, 15) is 4.79 Å². The summed E-state index contributed by atoms with van der Waals surface area (Å²) in [6.45, 7) is 19.4. The Hall–Kier alpha value is -3.14. The van der Waals surface area contributed by atoms with Crippen molar-refractivity contribution < 1.29 is 14.0 Å². The Morgan fingerprint density at radius 1 is 1.09 bits per heavy atom. The Balaban J connectivity index is 1.25. The number of aryl methyl sites for hydroxylation is 2. The molecule has 5 rings (SSSR count). The van der Waals surface area contributed by atoms with Gasteiger partial charge in [-0.3, -0.25) is 14.4 Å². The van der Waals surface area contributed by atoms with Gasteiger partial charge in [0, 0.05) is 68.4 Å². The lowest BCUT2D eigenvalue weighted by molar-refractivity contribution is 0.0939. The van der Waals surface area contributed by atoms with E-state index in [0.717, 1.165) is 65.5 Å². The summed E-state index contributed by atoms with van der Waals surface area (Å²) in [6.07, 6.45) is 6.26. The molecule has 0 unspecified atom stereocenters. The monoisotopic (exact) mass is 617 g/mol. The van der Waals surface area contributed by atoms with Gasteiger partial charge in [-0.25, -0.2) is 0 Å². The fourth-order valence-corrected chi connectivity index (χ4v) is 7.36. The topological polar surface area (TPSA) is 71.9 Å². The van der Waals surface area contributed by atoms with Crippen molar-refractivity contribution in [2.45, 2.75) is 83.7 Å². The highest BCUT2D eigenvalue weighted by Gasteiger charge is 2.41. The van der Waals surface area contributed by atoms with E-state index in [0.29, 0.717) is 12.1 Å². The third-order valence-corrected chi connectivity index (χ3v) is 14.7. The Bertz CT molecular complexity index is 1470. The molecule has 0 radical (unpaired) electrons. The number of carbonyl (C=O) groups excluding carboxylic acids is 1. The van der Waals surface area contributed by atoms with E-state index in [2.05, 4.69) is 78.3 Å². The van der Waals surface area contributed by atoms with E-state index in [1.54, 1.807) is 11.8 Å². The van der Waals surface area contributed by atoms with Gasteiger partial charge in [-0.15, -0.1) is 0 Å². The molecular weight excluding hydrogens is 567 g/mol. The van der Waals surface area contributed by atoms with Crippen LogP contribution in [0.3, 0.4) is 0 Å². The van der Waals surface area contributed by atoms with Gasteiger partial charge < -0.3 is 19.4 Å². The number of nitrogens with one attached hydrogen (secondary N) is 1. The minimum atomic E-state index is -1.74. The molecule has 8 nitrogen and oxygen atoms in total. The lowest BCUT2D eigenvalue weighted by atomic mass is 10.0. The zero-order chi connectivity index (χ0) is 31.8. The fourth-order valence-electron chi connectivity index (χ4n) is 6.32. The molecule has 0 aliphatic carbocycles. The van der Waals surface area contributed by atoms with Crippen molar-refractivity contribution in [3.8, 4) is 16.9 Å². The summed E-state index contributed by atoms with van der Waals surface area (Å²) in [5.41, 5.74) is 5.82. The molecule has 2 aliphatic rings. The van der Waals surface area contributed by atoms with Crippen molar-refractivity contribution in [1.82, 2.24) is 20.0 Å². The first-order valence-electron chi connectivity index (χ1n) is 16.0. The maximum absolute atomic E-state index is 13.7. The number of ether oxygens (including phenoxy) is 1. The number of hydrogen-bond acceptors (Lipinski definition) is 6. The number of benzene rings is 2. The average molecular weight is 618 g/mol. The molecule has 44 heavy (non-hydrogen) atoms. The van der Waals surface area contributed by atoms with E-state index >= 15 is 0 Å². The summed E-state index contributed by atoms with van der Waals surface area (Å²) in [5, 5.41) is 7.79. The first-order chi connectivity index (χ1) is 20.8. The summed E-state index contributed by atoms with van der Waals surface area (Å²) in [6, 6.07) is 13.3. The highest BCUT2D eigenvalue weighted by molar-refractivity contribution is 6.74. The normalized spacial score (nSPS) is 19.7. The minimum Gasteiger partial charge on any atom is -0.497 e. The number of anilines is 1. The average Bonchev–Trinajstić information content (AvgIpc) is 3.50. The Kier molecular flexibility index (Phi) is 9.30. The third-order valence-electron chi connectivity index (χ3n) is 10.1. The van der Waals surface area contributed by atoms with Crippen molar-refractivity contribution in [2.75, 3.05) is 38.3 Å². The van der Waals surface area contributed by atoms with Crippen LogP contribution in [0.15, 0.2) is 48.8 Å². The molecule has 1 amide bonds. The number of methoxy groups -OCH3 is 1. The second-order valence-corrected chi connectivity index (χ2v) is 19.0. The van der Waals surface area contributed by atoms with Crippen LogP contribution in [0.2, 0.25) is 18.1 Å². The number of nitrogens with zero attached hydrogens (tertiary/aromatic N) is 4. The maximum Gasteiger partial charge on any atom is 0.252 e. The molecule has 3 aromatic rings. The van der Waals surface area contributed by atoms with Crippen LogP contribution in [0.25, 0.3) is 11.1 Å². The van der Waals surface area contributed by atoms with Crippen LogP contribution in [-0.2, 0) is 11.5 Å². The smallest absolute Gasteiger partial charge is 0.252 e. The second-order valence-electron chi connectivity index (χ2n) is 14.2. The van der Waals surface area contributed by atoms with Crippen molar-refractivity contribution in [3.05, 3.63) is 65.5 Å². The molecule has 9 heteroatoms. The van der Waals surface area contributed by atoms with Gasteiger partial charge in [-0.1, -0.05) is 26.8 Å². The van der Waals surface area contributed by atoms with Gasteiger partial charge in [-0.05, 0) is 91.8 Å². The van der Waals surface area contributed by atoms with Crippen LogP contribution in [-0.4, -0.2) is 74.3 Å². The molecule has 1 N–H and O–H groups in total. The first-order valence-corrected chi connectivity index (χ1v) is 18.9. The SMILES string of the molecule is COc1cc(-c2cnn(C)c2)cc([C@@H](C)NC(=O)c2cc(N3C[C@H]4CC[C@@H](C3)N4CCO[Si](C)(C)C(C)(C)C)ccc2C)c1. The van der Waals surface area contributed by atoms with Gasteiger partial charge in [0.05, 0.1) is 19.3 Å². The van der Waals surface area contributed by atoms with Crippen LogP contribution in [0, 0.1) is 6.92 Å². The number of carbonyl (C=O) groups is 1. The highest BCUT2D eigenvalue weighted by atomic mass is 28.4. The molecule has 238 valence electrons. The minimum absolute atomic E-state index is 0.0630. The molecule has 3 heterocycles. The van der Waals surface area contributed by atoms with Gasteiger partial charge in [0.25, 0.3) is 5.91 Å². The van der Waals surface area contributed by atoms with Gasteiger partial charge in [0.15, 0.2) is 8.32 Å². The summed E-state index contributed by atoms with van der Waals surface area (Å²) in [5.74, 6) is 0.688. The molecule has 2 saturated heterocycles. The predicted octanol–water partition coefficient (Wildman–Crippen LogP) is 6.57. The van der Waals surface area contributed by atoms with Crippen LogP contribution < -0.4 is 15.0 Å². The first kappa shape index (κ1) is 32.3. The zero-order valence-corrected chi connectivity index (χ0v) is 29.1. The van der Waals surface area contributed by atoms with Crippen molar-refractivity contribution >= 4 is 19.9 Å². The van der Waals surface area contributed by atoms with E-state index in [1.165, 1.54) is 12.8 Å². The molecule has 2 aliphatic heterocycles. The van der Waals surface area contributed by atoms with Crippen LogP contribution in [0.1, 0.15) is 68.1 Å². The molecule has 2 fully saturated rings. The molecule has 0 saturated carbocycles. The maximum atomic E-state index is 13.7. The largest absolute Gasteiger partial charge is 0.497 e. The van der Waals surface area contributed by atoms with Crippen molar-refractivity contribution in [1.29, 1.82) is 0 Å². The van der Waals surface area contributed by atoms with E-state index in [1.807, 2.05) is 45.4 Å². The number of piperazine rings is 1. The zero-order valence-electron chi connectivity index (χ0n) is 28.1. The van der Waals surface area contributed by atoms with Crippen molar-refractivity contribution in [2.24, 2.45) is 7.05 Å². The van der Waals surface area contributed by atoms with Gasteiger partial charge in [0.1, 0.15) is 5.75 Å². The Morgan fingerprint density at radius 3 is 2.41 bits per heavy atom. The summed E-state index contributed by atoms with van der Waals surface area (Å²) < 4.78 is 13.9. The predicted molar refractivity (Wildman–Crippen MR) is 181 cm³/mol. The van der Waals surface area contributed by atoms with Crippen LogP contribution >= 0.6 is 0 Å². The lowest BCUT2D eigenvalue weighted by Crippen LogP contribution is -2.55. The Morgan fingerprint density at radius 2 is 1.80 bits per heavy atom. The third kappa shape index (κ3) is 6.90. The molecule has 3 atom stereocenters. The standard InChI is InChI=1S/C35H51N5O3Si/c1-24-10-11-29(39-22-30-12-13-31(23-39)40(30)14-15-43-44(8,9)35(3,4)5)19-33(24)34(41)37-25(2)26-16-27(18-32(17-26)42-7)28-20-36-38(6)21-28/h10-11,16-21,25,30-31H,12-15,22-23H2,1-9H3,(H,37,41)/t25-,30-,31+/m1/s1.